The second-order valence-corrected chi connectivity index (χ2v) is 7.27. The average Bonchev–Trinajstić information content (AvgIpc) is 2.53. The fourth-order valence-electron chi connectivity index (χ4n) is 3.98. The summed E-state index contributed by atoms with van der Waals surface area (Å²) in [6.07, 6.45) is 11.7. The van der Waals surface area contributed by atoms with Crippen LogP contribution in [0.3, 0.4) is 0 Å². The van der Waals surface area contributed by atoms with Crippen LogP contribution in [0.4, 0.5) is 17.6 Å². The van der Waals surface area contributed by atoms with Crippen LogP contribution in [0.2, 0.25) is 0 Å². The van der Waals surface area contributed by atoms with Crippen LogP contribution in [0.5, 0.6) is 0 Å². The van der Waals surface area contributed by atoms with Crippen molar-refractivity contribution in [3.63, 3.8) is 0 Å². The Labute approximate surface area is 142 Å². The van der Waals surface area contributed by atoms with Crippen molar-refractivity contribution in [1.82, 2.24) is 0 Å². The lowest BCUT2D eigenvalue weighted by Crippen LogP contribution is -2.16. The van der Waals surface area contributed by atoms with E-state index in [1.807, 2.05) is 0 Å². The Bertz CT molecular complexity index is 457. The highest BCUT2D eigenvalue weighted by Crippen LogP contribution is 2.37. The molecule has 2 rings (SSSR count). The van der Waals surface area contributed by atoms with Gasteiger partial charge in [0, 0.05) is 5.92 Å². The Morgan fingerprint density at radius 2 is 1.17 bits per heavy atom. The fraction of sp³-hybridized carbons (Fsp3) is 0.700. The summed E-state index contributed by atoms with van der Waals surface area (Å²) in [5.74, 6) is 0.206. The summed E-state index contributed by atoms with van der Waals surface area (Å²) in [5.41, 5.74) is 0. The lowest BCUT2D eigenvalue weighted by Gasteiger charge is -2.27. The zero-order chi connectivity index (χ0) is 17.6. The third kappa shape index (κ3) is 6.45. The van der Waals surface area contributed by atoms with Crippen molar-refractivity contribution in [3.8, 4) is 0 Å². The number of hydrogen-bond acceptors (Lipinski definition) is 0. The highest BCUT2D eigenvalue weighted by atomic mass is 19.4. The molecule has 0 aliphatic heterocycles. The summed E-state index contributed by atoms with van der Waals surface area (Å²) >= 11 is 0. The van der Waals surface area contributed by atoms with Crippen molar-refractivity contribution in [2.24, 2.45) is 23.7 Å². The van der Waals surface area contributed by atoms with E-state index in [9.17, 15) is 17.6 Å². The van der Waals surface area contributed by atoms with Crippen LogP contribution in [0.15, 0.2) is 36.2 Å². The van der Waals surface area contributed by atoms with Crippen molar-refractivity contribution in [2.75, 3.05) is 0 Å². The minimum absolute atomic E-state index is 0.170. The van der Waals surface area contributed by atoms with Gasteiger partial charge in [-0.15, -0.1) is 0 Å². The average molecular weight is 344 g/mol. The van der Waals surface area contributed by atoms with Gasteiger partial charge in [0.05, 0.1) is 6.08 Å². The molecule has 2 saturated carbocycles. The van der Waals surface area contributed by atoms with Gasteiger partial charge in [-0.25, -0.2) is 4.39 Å². The van der Waals surface area contributed by atoms with E-state index in [4.69, 9.17) is 0 Å². The van der Waals surface area contributed by atoms with Gasteiger partial charge < -0.3 is 0 Å². The molecule has 0 atom stereocenters. The second kappa shape index (κ2) is 8.87. The molecule has 0 bridgehead atoms. The molecule has 0 nitrogen and oxygen atoms in total. The number of rotatable bonds is 4. The molecule has 2 fully saturated rings. The van der Waals surface area contributed by atoms with E-state index in [0.29, 0.717) is 24.7 Å². The monoisotopic (exact) mass is 344 g/mol. The van der Waals surface area contributed by atoms with Crippen LogP contribution >= 0.6 is 0 Å². The third-order valence-corrected chi connectivity index (χ3v) is 5.40. The van der Waals surface area contributed by atoms with Gasteiger partial charge >= 0.3 is 6.18 Å². The minimum Gasteiger partial charge on any atom is -0.212 e. The Morgan fingerprint density at radius 3 is 1.58 bits per heavy atom. The molecule has 2 aliphatic rings. The van der Waals surface area contributed by atoms with Gasteiger partial charge in [0.25, 0.3) is 0 Å². The Kier molecular flexibility index (Phi) is 7.12. The maximum absolute atomic E-state index is 13.6. The number of halogens is 4. The predicted molar refractivity (Wildman–Crippen MR) is 90.1 cm³/mol. The zero-order valence-corrected chi connectivity index (χ0v) is 14.4. The molecule has 0 unspecified atom stereocenters. The third-order valence-electron chi connectivity index (χ3n) is 5.40. The van der Waals surface area contributed by atoms with Gasteiger partial charge in [0.1, 0.15) is 5.83 Å². The van der Waals surface area contributed by atoms with Crippen molar-refractivity contribution in [2.45, 2.75) is 64.5 Å². The standard InChI is InChI=1S/C20H28F4/c1-2-3-15-4-6-16(7-5-15)8-9-17-10-12-18(13-11-17)19(21)14-20(22,23)24/h2-3,8-9,14-18H,4-7,10-13H2,1H3/b3-2+,9-8+,19-14-. The second-order valence-electron chi connectivity index (χ2n) is 7.27. The molecule has 0 aromatic rings. The lowest BCUT2D eigenvalue weighted by atomic mass is 9.78. The summed E-state index contributed by atoms with van der Waals surface area (Å²) in [7, 11) is 0. The fourth-order valence-corrected chi connectivity index (χ4v) is 3.98. The van der Waals surface area contributed by atoms with E-state index in [2.05, 4.69) is 31.2 Å². The molecule has 0 N–H and O–H groups in total. The van der Waals surface area contributed by atoms with Crippen LogP contribution in [0.25, 0.3) is 0 Å². The normalized spacial score (nSPS) is 33.5. The van der Waals surface area contributed by atoms with Gasteiger partial charge in [-0.05, 0) is 76.0 Å². The maximum Gasteiger partial charge on any atom is 0.412 e. The molecule has 4 heteroatoms. The van der Waals surface area contributed by atoms with Gasteiger partial charge in [0.15, 0.2) is 0 Å². The van der Waals surface area contributed by atoms with E-state index >= 15 is 0 Å². The van der Waals surface area contributed by atoms with Crippen molar-refractivity contribution >= 4 is 0 Å². The first-order valence-corrected chi connectivity index (χ1v) is 9.13. The molecule has 0 radical (unpaired) electrons. The summed E-state index contributed by atoms with van der Waals surface area (Å²) in [5, 5.41) is 0. The zero-order valence-electron chi connectivity index (χ0n) is 14.4. The molecule has 0 saturated heterocycles. The molecule has 0 heterocycles. The Morgan fingerprint density at radius 1 is 0.750 bits per heavy atom. The highest BCUT2D eigenvalue weighted by molar-refractivity contribution is 5.05. The van der Waals surface area contributed by atoms with E-state index in [1.54, 1.807) is 0 Å². The molecule has 0 amide bonds. The SMILES string of the molecule is C/C=C/C1CCC(/C=C/C2CCC(/C(F)=C/C(F)(F)F)CC2)CC1. The molecule has 2 aliphatic carbocycles. The quantitative estimate of drug-likeness (QED) is 0.375. The van der Waals surface area contributed by atoms with Gasteiger partial charge in [-0.1, -0.05) is 24.3 Å². The Balaban J connectivity index is 1.74. The topological polar surface area (TPSA) is 0 Å². The molecular formula is C20H28F4. The van der Waals surface area contributed by atoms with Crippen LogP contribution in [-0.2, 0) is 0 Å². The molecule has 0 aromatic heterocycles. The van der Waals surface area contributed by atoms with Crippen LogP contribution in [0, 0.1) is 23.7 Å². The maximum atomic E-state index is 13.6. The predicted octanol–water partition coefficient (Wildman–Crippen LogP) is 7.15. The van der Waals surface area contributed by atoms with Crippen LogP contribution < -0.4 is 0 Å². The van der Waals surface area contributed by atoms with Crippen molar-refractivity contribution in [3.05, 3.63) is 36.2 Å². The lowest BCUT2D eigenvalue weighted by molar-refractivity contribution is -0.0820. The Hall–Kier alpha value is -1.06. The largest absolute Gasteiger partial charge is 0.412 e. The van der Waals surface area contributed by atoms with Crippen LogP contribution in [-0.4, -0.2) is 6.18 Å². The van der Waals surface area contributed by atoms with Crippen molar-refractivity contribution < 1.29 is 17.6 Å². The van der Waals surface area contributed by atoms with Crippen LogP contribution in [0.1, 0.15) is 58.3 Å². The first-order chi connectivity index (χ1) is 11.4. The summed E-state index contributed by atoms with van der Waals surface area (Å²) in [6, 6.07) is 0. The smallest absolute Gasteiger partial charge is 0.212 e. The molecular weight excluding hydrogens is 316 g/mol. The van der Waals surface area contributed by atoms with E-state index in [0.717, 1.165) is 18.8 Å². The number of alkyl halides is 3. The summed E-state index contributed by atoms with van der Waals surface area (Å²) < 4.78 is 50.2. The van der Waals surface area contributed by atoms with E-state index in [1.165, 1.54) is 25.7 Å². The van der Waals surface area contributed by atoms with Gasteiger partial charge in [-0.3, -0.25) is 0 Å². The van der Waals surface area contributed by atoms with E-state index in [-0.39, 0.29) is 6.08 Å². The van der Waals surface area contributed by atoms with E-state index < -0.39 is 17.9 Å². The summed E-state index contributed by atoms with van der Waals surface area (Å²) in [4.78, 5) is 0. The first kappa shape index (κ1) is 19.3. The molecule has 136 valence electrons. The molecule has 24 heavy (non-hydrogen) atoms. The van der Waals surface area contributed by atoms with Gasteiger partial charge in [0.2, 0.25) is 0 Å². The molecule has 0 spiro atoms. The molecule has 0 aromatic carbocycles. The highest BCUT2D eigenvalue weighted by Gasteiger charge is 2.30. The van der Waals surface area contributed by atoms with Crippen molar-refractivity contribution in [1.29, 1.82) is 0 Å². The summed E-state index contributed by atoms with van der Waals surface area (Å²) in [6.45, 7) is 2.06. The minimum atomic E-state index is -4.55. The first-order valence-electron chi connectivity index (χ1n) is 9.13. The number of hydrogen-bond donors (Lipinski definition) is 0. The number of allylic oxidation sites excluding steroid dienone is 6. The van der Waals surface area contributed by atoms with Gasteiger partial charge in [-0.2, -0.15) is 13.2 Å².